The number of hydrogen-bond donors (Lipinski definition) is 2. The number of ether oxygens (including phenoxy) is 1. The van der Waals surface area contributed by atoms with Crippen molar-refractivity contribution in [3.63, 3.8) is 0 Å². The van der Waals surface area contributed by atoms with Gasteiger partial charge in [-0.3, -0.25) is 14.7 Å². The Labute approximate surface area is 143 Å². The smallest absolute Gasteiger partial charge is 0.257 e. The molecule has 2 aliphatic rings. The third-order valence-electron chi connectivity index (χ3n) is 4.62. The number of aromatic amines is 1. The number of carbonyl (C=O) groups is 2. The number of aromatic nitrogens is 2. The second-order valence-corrected chi connectivity index (χ2v) is 6.20. The number of carbonyl (C=O) groups excluding carboxylic acids is 2. The van der Waals surface area contributed by atoms with Crippen LogP contribution in [0.2, 0.25) is 0 Å². The Bertz CT molecular complexity index is 822. The van der Waals surface area contributed by atoms with Gasteiger partial charge in [0.05, 0.1) is 29.6 Å². The van der Waals surface area contributed by atoms with Crippen LogP contribution in [0.3, 0.4) is 0 Å². The van der Waals surface area contributed by atoms with Crippen molar-refractivity contribution in [1.29, 1.82) is 0 Å². The molecule has 8 heteroatoms. The monoisotopic (exact) mass is 344 g/mol. The lowest BCUT2D eigenvalue weighted by molar-refractivity contribution is -0.139. The van der Waals surface area contributed by atoms with Crippen LogP contribution in [-0.2, 0) is 9.53 Å². The van der Waals surface area contributed by atoms with Crippen LogP contribution < -0.4 is 5.32 Å². The number of H-pyrrole nitrogens is 1. The van der Waals surface area contributed by atoms with Crippen molar-refractivity contribution in [3.8, 4) is 11.3 Å². The number of amides is 2. The van der Waals surface area contributed by atoms with Crippen LogP contribution >= 0.6 is 0 Å². The van der Waals surface area contributed by atoms with Crippen LogP contribution in [0.5, 0.6) is 0 Å². The van der Waals surface area contributed by atoms with Crippen LogP contribution in [0.15, 0.2) is 30.5 Å². The van der Waals surface area contributed by atoms with Gasteiger partial charge in [0.2, 0.25) is 5.91 Å². The van der Waals surface area contributed by atoms with Gasteiger partial charge in [0.25, 0.3) is 5.91 Å². The van der Waals surface area contributed by atoms with Gasteiger partial charge in [-0.1, -0.05) is 12.1 Å². The van der Waals surface area contributed by atoms with Gasteiger partial charge in [-0.05, 0) is 18.6 Å². The van der Waals surface area contributed by atoms with E-state index in [9.17, 15) is 14.0 Å². The third-order valence-corrected chi connectivity index (χ3v) is 4.62. The molecular weight excluding hydrogens is 327 g/mol. The summed E-state index contributed by atoms with van der Waals surface area (Å²) in [5.74, 6) is -0.844. The molecule has 0 bridgehead atoms. The zero-order chi connectivity index (χ0) is 17.4. The lowest BCUT2D eigenvalue weighted by atomic mass is 9.99. The average Bonchev–Trinajstić information content (AvgIpc) is 3.10. The Morgan fingerprint density at radius 1 is 1.36 bits per heavy atom. The molecule has 130 valence electrons. The fourth-order valence-electron chi connectivity index (χ4n) is 3.37. The van der Waals surface area contributed by atoms with E-state index in [1.807, 2.05) is 0 Å². The van der Waals surface area contributed by atoms with Crippen molar-refractivity contribution < 1.29 is 18.7 Å². The summed E-state index contributed by atoms with van der Waals surface area (Å²) in [4.78, 5) is 26.1. The first-order valence-electron chi connectivity index (χ1n) is 8.12. The third kappa shape index (κ3) is 2.89. The van der Waals surface area contributed by atoms with Crippen molar-refractivity contribution in [2.75, 3.05) is 19.7 Å². The lowest BCUT2D eigenvalue weighted by Gasteiger charge is -2.41. The van der Waals surface area contributed by atoms with E-state index in [2.05, 4.69) is 15.5 Å². The van der Waals surface area contributed by atoms with Crippen molar-refractivity contribution in [3.05, 3.63) is 41.8 Å². The summed E-state index contributed by atoms with van der Waals surface area (Å²) in [5, 5.41) is 9.49. The second kappa shape index (κ2) is 6.29. The second-order valence-electron chi connectivity index (χ2n) is 6.20. The predicted octanol–water partition coefficient (Wildman–Crippen LogP) is 0.945. The van der Waals surface area contributed by atoms with Crippen molar-refractivity contribution in [2.45, 2.75) is 18.6 Å². The van der Waals surface area contributed by atoms with E-state index in [0.29, 0.717) is 36.3 Å². The zero-order valence-corrected chi connectivity index (χ0v) is 13.4. The van der Waals surface area contributed by atoms with Gasteiger partial charge in [0.1, 0.15) is 12.4 Å². The van der Waals surface area contributed by atoms with Gasteiger partial charge in [-0.2, -0.15) is 5.10 Å². The average molecular weight is 344 g/mol. The lowest BCUT2D eigenvalue weighted by Crippen LogP contribution is -2.61. The molecule has 4 rings (SSSR count). The first kappa shape index (κ1) is 15.8. The molecule has 7 nitrogen and oxygen atoms in total. The summed E-state index contributed by atoms with van der Waals surface area (Å²) in [7, 11) is 0. The molecule has 25 heavy (non-hydrogen) atoms. The summed E-state index contributed by atoms with van der Waals surface area (Å²) in [5.41, 5.74) is 0.966. The molecule has 0 radical (unpaired) electrons. The van der Waals surface area contributed by atoms with E-state index in [-0.39, 0.29) is 30.6 Å². The largest absolute Gasteiger partial charge is 0.366 e. The number of fused-ring (bicyclic) bond motifs is 1. The van der Waals surface area contributed by atoms with Gasteiger partial charge in [0.15, 0.2) is 0 Å². The van der Waals surface area contributed by atoms with Crippen LogP contribution in [0, 0.1) is 5.82 Å². The predicted molar refractivity (Wildman–Crippen MR) is 86.2 cm³/mol. The van der Waals surface area contributed by atoms with Crippen molar-refractivity contribution >= 4 is 11.8 Å². The molecular formula is C17H17FN4O3. The van der Waals surface area contributed by atoms with E-state index < -0.39 is 5.82 Å². The highest BCUT2D eigenvalue weighted by atomic mass is 19.1. The minimum absolute atomic E-state index is 0.0638. The Morgan fingerprint density at radius 3 is 3.04 bits per heavy atom. The van der Waals surface area contributed by atoms with Gasteiger partial charge in [-0.25, -0.2) is 4.39 Å². The summed E-state index contributed by atoms with van der Waals surface area (Å²) < 4.78 is 19.6. The Kier molecular flexibility index (Phi) is 3.96. The number of likely N-dealkylation sites (tertiary alicyclic amines) is 1. The molecule has 1 aromatic carbocycles. The van der Waals surface area contributed by atoms with Crippen LogP contribution in [0.1, 0.15) is 16.8 Å². The molecule has 2 aliphatic heterocycles. The number of morpholine rings is 1. The minimum Gasteiger partial charge on any atom is -0.366 e. The maximum absolute atomic E-state index is 14.1. The molecule has 2 atom stereocenters. The molecule has 2 aromatic rings. The first-order valence-corrected chi connectivity index (χ1v) is 8.12. The minimum atomic E-state index is -0.424. The number of benzene rings is 1. The number of nitrogens with one attached hydrogen (secondary N) is 2. The molecule has 2 saturated heterocycles. The maximum atomic E-state index is 14.1. The summed E-state index contributed by atoms with van der Waals surface area (Å²) >= 11 is 0. The SMILES string of the molecule is O=C1CO[C@@H]2CCN(C(=O)c3cn[nH]c3-c3ccccc3F)C[C@@H]2N1. The van der Waals surface area contributed by atoms with Gasteiger partial charge in [0, 0.05) is 18.7 Å². The quantitative estimate of drug-likeness (QED) is 0.849. The molecule has 0 saturated carbocycles. The van der Waals surface area contributed by atoms with Gasteiger partial charge >= 0.3 is 0 Å². The van der Waals surface area contributed by atoms with Gasteiger partial charge < -0.3 is 15.0 Å². The topological polar surface area (TPSA) is 87.3 Å². The van der Waals surface area contributed by atoms with E-state index in [1.165, 1.54) is 12.3 Å². The summed E-state index contributed by atoms with van der Waals surface area (Å²) in [6.07, 6.45) is 1.98. The molecule has 1 aromatic heterocycles. The fourth-order valence-corrected chi connectivity index (χ4v) is 3.37. The van der Waals surface area contributed by atoms with E-state index >= 15 is 0 Å². The molecule has 3 heterocycles. The molecule has 2 amide bonds. The molecule has 0 unspecified atom stereocenters. The van der Waals surface area contributed by atoms with Gasteiger partial charge in [-0.15, -0.1) is 0 Å². The number of nitrogens with zero attached hydrogens (tertiary/aromatic N) is 2. The Balaban J connectivity index is 1.57. The van der Waals surface area contributed by atoms with Crippen LogP contribution in [0.4, 0.5) is 4.39 Å². The Hall–Kier alpha value is -2.74. The normalized spacial score (nSPS) is 23.1. The standard InChI is InChI=1S/C17H17FN4O3/c18-12-4-2-1-3-10(12)16-11(7-19-21-16)17(24)22-6-5-14-13(8-22)20-15(23)9-25-14/h1-4,7,13-14H,5-6,8-9H2,(H,19,21)(H,20,23)/t13-,14+/m0/s1. The fraction of sp³-hybridized carbons (Fsp3) is 0.353. The zero-order valence-electron chi connectivity index (χ0n) is 13.4. The van der Waals surface area contributed by atoms with Crippen LogP contribution in [0.25, 0.3) is 11.3 Å². The van der Waals surface area contributed by atoms with E-state index in [1.54, 1.807) is 23.1 Å². The summed E-state index contributed by atoms with van der Waals surface area (Å²) in [6, 6.07) is 6.01. The molecule has 2 fully saturated rings. The van der Waals surface area contributed by atoms with E-state index in [4.69, 9.17) is 4.74 Å². The van der Waals surface area contributed by atoms with E-state index in [0.717, 1.165) is 0 Å². The highest BCUT2D eigenvalue weighted by Gasteiger charge is 2.37. The summed E-state index contributed by atoms with van der Waals surface area (Å²) in [6.45, 7) is 0.934. The number of rotatable bonds is 2. The molecule has 0 spiro atoms. The molecule has 2 N–H and O–H groups in total. The van der Waals surface area contributed by atoms with Crippen LogP contribution in [-0.4, -0.2) is 58.8 Å². The highest BCUT2D eigenvalue weighted by Crippen LogP contribution is 2.26. The number of hydrogen-bond acceptors (Lipinski definition) is 4. The maximum Gasteiger partial charge on any atom is 0.257 e. The van der Waals surface area contributed by atoms with Crippen molar-refractivity contribution in [1.82, 2.24) is 20.4 Å². The first-order chi connectivity index (χ1) is 12.1. The molecule has 0 aliphatic carbocycles. The number of halogens is 1. The Morgan fingerprint density at radius 2 is 2.20 bits per heavy atom. The number of piperidine rings is 1. The highest BCUT2D eigenvalue weighted by molar-refractivity contribution is 6.00. The van der Waals surface area contributed by atoms with Crippen molar-refractivity contribution in [2.24, 2.45) is 0 Å².